The first kappa shape index (κ1) is 21.8. The molecule has 0 fully saturated rings. The van der Waals surface area contributed by atoms with Gasteiger partial charge in [0.15, 0.2) is 6.61 Å². The Morgan fingerprint density at radius 3 is 2.57 bits per heavy atom. The van der Waals surface area contributed by atoms with Crippen molar-refractivity contribution in [3.63, 3.8) is 0 Å². The Bertz CT molecular complexity index is 930. The number of ether oxygens (including phenoxy) is 3. The van der Waals surface area contributed by atoms with Crippen molar-refractivity contribution >= 4 is 34.5 Å². The molecule has 0 aliphatic carbocycles. The summed E-state index contributed by atoms with van der Waals surface area (Å²) in [7, 11) is 0. The molecule has 0 saturated heterocycles. The maximum Gasteiger partial charge on any atom is 0.344 e. The minimum atomic E-state index is -0.540. The highest BCUT2D eigenvalue weighted by Crippen LogP contribution is 2.32. The summed E-state index contributed by atoms with van der Waals surface area (Å²) in [5, 5.41) is 0.888. The molecule has 7 nitrogen and oxygen atoms in total. The lowest BCUT2D eigenvalue weighted by atomic mass is 10.0. The highest BCUT2D eigenvalue weighted by molar-refractivity contribution is 6.32. The van der Waals surface area contributed by atoms with Gasteiger partial charge in [0.2, 0.25) is 0 Å². The molecular weight excluding hydrogens is 388 g/mol. The number of rotatable bonds is 8. The number of hydrogen-bond acceptors (Lipinski definition) is 7. The minimum absolute atomic E-state index is 0.0812. The number of fused-ring (bicyclic) bond motifs is 1. The van der Waals surface area contributed by atoms with E-state index in [9.17, 15) is 14.4 Å². The van der Waals surface area contributed by atoms with Crippen LogP contribution in [0.25, 0.3) is 11.0 Å². The lowest BCUT2D eigenvalue weighted by Gasteiger charge is -2.12. The van der Waals surface area contributed by atoms with Crippen LogP contribution < -0.4 is 10.4 Å². The number of hydrogen-bond donors (Lipinski definition) is 0. The maximum absolute atomic E-state index is 12.3. The Labute approximate surface area is 167 Å². The molecule has 2 rings (SSSR count). The van der Waals surface area contributed by atoms with Gasteiger partial charge in [-0.05, 0) is 45.7 Å². The molecule has 0 saturated carbocycles. The monoisotopic (exact) mass is 410 g/mol. The fourth-order valence-electron chi connectivity index (χ4n) is 2.68. The number of benzene rings is 1. The van der Waals surface area contributed by atoms with Crippen molar-refractivity contribution in [2.24, 2.45) is 0 Å². The average Bonchev–Trinajstić information content (AvgIpc) is 2.60. The van der Waals surface area contributed by atoms with Gasteiger partial charge in [0.1, 0.15) is 11.3 Å². The van der Waals surface area contributed by atoms with Crippen molar-refractivity contribution in [3.8, 4) is 5.75 Å². The van der Waals surface area contributed by atoms with Crippen LogP contribution >= 0.6 is 11.6 Å². The Kier molecular flexibility index (Phi) is 7.45. The molecule has 1 aromatic carbocycles. The van der Waals surface area contributed by atoms with E-state index in [0.717, 1.165) is 0 Å². The largest absolute Gasteiger partial charge is 0.480 e. The lowest BCUT2D eigenvalue weighted by Crippen LogP contribution is -2.18. The number of esters is 2. The lowest BCUT2D eigenvalue weighted by molar-refractivity contribution is -0.149. The van der Waals surface area contributed by atoms with Crippen molar-refractivity contribution in [1.82, 2.24) is 0 Å². The second kappa shape index (κ2) is 9.59. The van der Waals surface area contributed by atoms with Gasteiger partial charge in [0, 0.05) is 23.4 Å². The van der Waals surface area contributed by atoms with Crippen molar-refractivity contribution in [3.05, 3.63) is 38.7 Å². The van der Waals surface area contributed by atoms with Crippen molar-refractivity contribution in [2.75, 3.05) is 13.2 Å². The van der Waals surface area contributed by atoms with E-state index in [1.54, 1.807) is 33.8 Å². The Balaban J connectivity index is 2.27. The van der Waals surface area contributed by atoms with Crippen LogP contribution in [-0.2, 0) is 25.5 Å². The number of halogens is 1. The predicted octanol–water partition coefficient (Wildman–Crippen LogP) is 3.58. The number of carbonyl (C=O) groups is 2. The zero-order valence-electron chi connectivity index (χ0n) is 16.3. The molecule has 0 aliphatic heterocycles. The fourth-order valence-corrected chi connectivity index (χ4v) is 2.90. The summed E-state index contributed by atoms with van der Waals surface area (Å²) in [6, 6.07) is 3.07. The van der Waals surface area contributed by atoms with E-state index in [2.05, 4.69) is 0 Å². The van der Waals surface area contributed by atoms with E-state index < -0.39 is 11.6 Å². The van der Waals surface area contributed by atoms with Gasteiger partial charge < -0.3 is 18.6 Å². The normalized spacial score (nSPS) is 10.9. The molecule has 152 valence electrons. The third-order valence-electron chi connectivity index (χ3n) is 3.94. The van der Waals surface area contributed by atoms with Gasteiger partial charge in [-0.1, -0.05) is 11.6 Å². The van der Waals surface area contributed by atoms with Crippen molar-refractivity contribution in [1.29, 1.82) is 0 Å². The summed E-state index contributed by atoms with van der Waals surface area (Å²) < 4.78 is 20.7. The fraction of sp³-hybridized carbons (Fsp3) is 0.450. The molecule has 1 aromatic heterocycles. The molecule has 0 spiro atoms. The first-order chi connectivity index (χ1) is 13.2. The highest BCUT2D eigenvalue weighted by Gasteiger charge is 2.16. The van der Waals surface area contributed by atoms with Gasteiger partial charge in [-0.2, -0.15) is 0 Å². The Hall–Kier alpha value is -2.54. The van der Waals surface area contributed by atoms with Gasteiger partial charge in [-0.3, -0.25) is 4.79 Å². The number of carbonyl (C=O) groups excluding carboxylic acids is 2. The van der Waals surface area contributed by atoms with Crippen LogP contribution in [-0.4, -0.2) is 31.3 Å². The van der Waals surface area contributed by atoms with Gasteiger partial charge in [-0.25, -0.2) is 9.59 Å². The summed E-state index contributed by atoms with van der Waals surface area (Å²) in [6.45, 7) is 6.92. The van der Waals surface area contributed by atoms with Gasteiger partial charge >= 0.3 is 17.6 Å². The quantitative estimate of drug-likeness (QED) is 0.485. The zero-order chi connectivity index (χ0) is 20.8. The summed E-state index contributed by atoms with van der Waals surface area (Å²) in [6.07, 6.45) is 0.0365. The van der Waals surface area contributed by atoms with Crippen LogP contribution in [0.5, 0.6) is 5.75 Å². The molecule has 0 atom stereocenters. The highest BCUT2D eigenvalue weighted by atomic mass is 35.5. The van der Waals surface area contributed by atoms with Crippen molar-refractivity contribution in [2.45, 2.75) is 46.6 Å². The molecule has 1 heterocycles. The van der Waals surface area contributed by atoms with Gasteiger partial charge in [-0.15, -0.1) is 0 Å². The average molecular weight is 411 g/mol. The molecule has 0 radical (unpaired) electrons. The van der Waals surface area contributed by atoms with E-state index in [-0.39, 0.29) is 54.5 Å². The van der Waals surface area contributed by atoms with E-state index in [0.29, 0.717) is 16.5 Å². The van der Waals surface area contributed by atoms with E-state index in [4.69, 9.17) is 30.2 Å². The topological polar surface area (TPSA) is 92.0 Å². The smallest absolute Gasteiger partial charge is 0.344 e. The second-order valence-electron chi connectivity index (χ2n) is 6.40. The first-order valence-corrected chi connectivity index (χ1v) is 9.34. The standard InChI is InChI=1S/C20H23ClO7/c1-5-25-18(22)7-6-13-12(4)14-8-15(21)17(9-16(14)28-20(13)24)26-10-19(23)27-11(2)3/h8-9,11H,5-7,10H2,1-4H3. The SMILES string of the molecule is CCOC(=O)CCc1c(C)c2cc(Cl)c(OCC(=O)OC(C)C)cc2oc1=O. The third kappa shape index (κ3) is 5.48. The van der Waals surface area contributed by atoms with Crippen LogP contribution in [0.3, 0.4) is 0 Å². The minimum Gasteiger partial charge on any atom is -0.480 e. The predicted molar refractivity (Wildman–Crippen MR) is 104 cm³/mol. The van der Waals surface area contributed by atoms with Crippen LogP contribution in [0, 0.1) is 6.92 Å². The van der Waals surface area contributed by atoms with Crippen molar-refractivity contribution < 1.29 is 28.2 Å². The molecule has 0 bridgehead atoms. The Morgan fingerprint density at radius 2 is 1.93 bits per heavy atom. The molecule has 8 heteroatoms. The second-order valence-corrected chi connectivity index (χ2v) is 6.81. The first-order valence-electron chi connectivity index (χ1n) is 8.96. The molecule has 2 aromatic rings. The van der Waals surface area contributed by atoms with E-state index in [1.807, 2.05) is 0 Å². The molecule has 0 unspecified atom stereocenters. The zero-order valence-corrected chi connectivity index (χ0v) is 17.1. The Morgan fingerprint density at radius 1 is 1.21 bits per heavy atom. The van der Waals surface area contributed by atoms with Crippen LogP contribution in [0.15, 0.2) is 21.3 Å². The molecule has 28 heavy (non-hydrogen) atoms. The van der Waals surface area contributed by atoms with Crippen LogP contribution in [0.4, 0.5) is 0 Å². The summed E-state index contributed by atoms with van der Waals surface area (Å²) in [5.41, 5.74) is 0.801. The van der Waals surface area contributed by atoms with E-state index in [1.165, 1.54) is 6.07 Å². The molecule has 0 aliphatic rings. The molecule has 0 amide bonds. The molecular formula is C20H23ClO7. The number of aryl methyl sites for hydroxylation is 1. The third-order valence-corrected chi connectivity index (χ3v) is 4.23. The maximum atomic E-state index is 12.3. The van der Waals surface area contributed by atoms with Crippen LogP contribution in [0.2, 0.25) is 5.02 Å². The van der Waals surface area contributed by atoms with Gasteiger partial charge in [0.05, 0.1) is 17.7 Å². The van der Waals surface area contributed by atoms with Gasteiger partial charge in [0.25, 0.3) is 0 Å². The van der Waals surface area contributed by atoms with E-state index >= 15 is 0 Å². The summed E-state index contributed by atoms with van der Waals surface area (Å²) in [4.78, 5) is 35.5. The summed E-state index contributed by atoms with van der Waals surface area (Å²) in [5.74, 6) is -0.703. The summed E-state index contributed by atoms with van der Waals surface area (Å²) >= 11 is 6.25. The molecule has 0 N–H and O–H groups in total. The van der Waals surface area contributed by atoms with Crippen LogP contribution in [0.1, 0.15) is 38.3 Å².